The van der Waals surface area contributed by atoms with Gasteiger partial charge in [0, 0.05) is 25.0 Å². The molecular formula is C22H24N4O3. The fourth-order valence-corrected chi connectivity index (χ4v) is 3.07. The number of aromatic amines is 1. The Morgan fingerprint density at radius 2 is 1.66 bits per heavy atom. The van der Waals surface area contributed by atoms with E-state index < -0.39 is 17.1 Å². The summed E-state index contributed by atoms with van der Waals surface area (Å²) in [5.41, 5.74) is 1.69. The topological polar surface area (TPSA) is 90.7 Å². The molecule has 0 aliphatic carbocycles. The summed E-state index contributed by atoms with van der Waals surface area (Å²) >= 11 is 0. The van der Waals surface area contributed by atoms with E-state index in [4.69, 9.17) is 0 Å². The molecule has 0 fully saturated rings. The Hall–Kier alpha value is -3.61. The number of hydrogen-bond acceptors (Lipinski definition) is 5. The number of anilines is 1. The molecule has 150 valence electrons. The van der Waals surface area contributed by atoms with E-state index in [2.05, 4.69) is 28.7 Å². The van der Waals surface area contributed by atoms with Crippen molar-refractivity contribution in [1.29, 1.82) is 0 Å². The Morgan fingerprint density at radius 1 is 1.03 bits per heavy atom. The number of aryl methyl sites for hydroxylation is 1. The summed E-state index contributed by atoms with van der Waals surface area (Å²) in [4.78, 5) is 33.2. The van der Waals surface area contributed by atoms with Crippen LogP contribution in [0.1, 0.15) is 25.0 Å². The number of H-pyrrole nitrogens is 1. The average molecular weight is 392 g/mol. The van der Waals surface area contributed by atoms with Crippen LogP contribution in [0.2, 0.25) is 0 Å². The Bertz CT molecular complexity index is 1120. The van der Waals surface area contributed by atoms with Gasteiger partial charge in [0.05, 0.1) is 11.4 Å². The van der Waals surface area contributed by atoms with Crippen LogP contribution in [-0.4, -0.2) is 34.0 Å². The van der Waals surface area contributed by atoms with Gasteiger partial charge < -0.3 is 10.0 Å². The predicted molar refractivity (Wildman–Crippen MR) is 116 cm³/mol. The number of aliphatic imine (C=N–C) groups is 1. The second-order valence-electron chi connectivity index (χ2n) is 6.61. The summed E-state index contributed by atoms with van der Waals surface area (Å²) in [5.74, 6) is -0.453. The second-order valence-corrected chi connectivity index (χ2v) is 6.61. The minimum atomic E-state index is -0.711. The second kappa shape index (κ2) is 8.60. The molecular weight excluding hydrogens is 368 g/mol. The van der Waals surface area contributed by atoms with Crippen LogP contribution in [0.15, 0.2) is 63.1 Å². The van der Waals surface area contributed by atoms with Crippen LogP contribution in [0.3, 0.4) is 0 Å². The maximum atomic E-state index is 12.2. The zero-order valence-corrected chi connectivity index (χ0v) is 16.7. The third-order valence-corrected chi connectivity index (χ3v) is 4.73. The minimum absolute atomic E-state index is 0.0852. The standard InChI is InChI=1S/C22H24N4O3/c1-4-25(5-2)17-12-8-16(9-13-17)23-14-19-20(27)24-22(29)26(21(19)28)18-10-6-15(3)7-11-18/h6-14,28H,4-5H2,1-3H3,(H,24,27,29). The molecule has 0 saturated heterocycles. The molecule has 3 aromatic rings. The van der Waals surface area contributed by atoms with Crippen LogP contribution in [0.25, 0.3) is 5.69 Å². The van der Waals surface area contributed by atoms with Gasteiger partial charge in [-0.1, -0.05) is 17.7 Å². The number of nitrogens with one attached hydrogen (secondary N) is 1. The number of aromatic nitrogens is 2. The first-order valence-corrected chi connectivity index (χ1v) is 9.49. The molecule has 3 rings (SSSR count). The van der Waals surface area contributed by atoms with Crippen LogP contribution in [0, 0.1) is 6.92 Å². The van der Waals surface area contributed by atoms with Crippen LogP contribution in [-0.2, 0) is 0 Å². The fraction of sp³-hybridized carbons (Fsp3) is 0.227. The highest BCUT2D eigenvalue weighted by Crippen LogP contribution is 2.21. The van der Waals surface area contributed by atoms with E-state index in [-0.39, 0.29) is 5.56 Å². The molecule has 0 bridgehead atoms. The number of benzene rings is 2. The van der Waals surface area contributed by atoms with E-state index in [0.29, 0.717) is 11.4 Å². The maximum absolute atomic E-state index is 12.2. The smallest absolute Gasteiger partial charge is 0.335 e. The highest BCUT2D eigenvalue weighted by molar-refractivity contribution is 5.84. The highest BCUT2D eigenvalue weighted by atomic mass is 16.3. The molecule has 0 atom stereocenters. The molecule has 1 heterocycles. The van der Waals surface area contributed by atoms with Gasteiger partial charge in [0.25, 0.3) is 5.56 Å². The van der Waals surface area contributed by atoms with Crippen molar-refractivity contribution in [3.63, 3.8) is 0 Å². The Balaban J connectivity index is 1.97. The molecule has 0 radical (unpaired) electrons. The summed E-state index contributed by atoms with van der Waals surface area (Å²) < 4.78 is 1.05. The third-order valence-electron chi connectivity index (χ3n) is 4.73. The molecule has 29 heavy (non-hydrogen) atoms. The van der Waals surface area contributed by atoms with E-state index in [1.54, 1.807) is 12.1 Å². The molecule has 0 aliphatic heterocycles. The third kappa shape index (κ3) is 4.29. The van der Waals surface area contributed by atoms with Gasteiger partial charge in [-0.05, 0) is 57.2 Å². The normalized spacial score (nSPS) is 11.1. The van der Waals surface area contributed by atoms with Crippen LogP contribution in [0.4, 0.5) is 11.4 Å². The van der Waals surface area contributed by atoms with Crippen molar-refractivity contribution in [3.05, 3.63) is 80.5 Å². The fourth-order valence-electron chi connectivity index (χ4n) is 3.07. The van der Waals surface area contributed by atoms with Crippen LogP contribution < -0.4 is 16.1 Å². The lowest BCUT2D eigenvalue weighted by atomic mass is 10.2. The van der Waals surface area contributed by atoms with Crippen molar-refractivity contribution in [2.75, 3.05) is 18.0 Å². The Morgan fingerprint density at radius 3 is 2.24 bits per heavy atom. The van der Waals surface area contributed by atoms with E-state index in [1.807, 2.05) is 43.3 Å². The zero-order chi connectivity index (χ0) is 21.0. The van der Waals surface area contributed by atoms with Crippen molar-refractivity contribution in [1.82, 2.24) is 9.55 Å². The summed E-state index contributed by atoms with van der Waals surface area (Å²) in [6.45, 7) is 7.91. The number of rotatable bonds is 6. The number of nitrogens with zero attached hydrogens (tertiary/aromatic N) is 3. The lowest BCUT2D eigenvalue weighted by Crippen LogP contribution is -2.31. The van der Waals surface area contributed by atoms with E-state index >= 15 is 0 Å². The van der Waals surface area contributed by atoms with Gasteiger partial charge in [0.1, 0.15) is 5.56 Å². The predicted octanol–water partition coefficient (Wildman–Crippen LogP) is 3.14. The zero-order valence-electron chi connectivity index (χ0n) is 16.7. The number of hydrogen-bond donors (Lipinski definition) is 2. The molecule has 7 heteroatoms. The van der Waals surface area contributed by atoms with Crippen molar-refractivity contribution in [3.8, 4) is 11.6 Å². The molecule has 2 aromatic carbocycles. The Kier molecular flexibility index (Phi) is 5.97. The van der Waals surface area contributed by atoms with E-state index in [0.717, 1.165) is 28.9 Å². The van der Waals surface area contributed by atoms with Crippen molar-refractivity contribution in [2.24, 2.45) is 4.99 Å². The monoisotopic (exact) mass is 392 g/mol. The quantitative estimate of drug-likeness (QED) is 0.631. The summed E-state index contributed by atoms with van der Waals surface area (Å²) in [6, 6.07) is 14.6. The Labute approximate surface area is 168 Å². The molecule has 0 amide bonds. The van der Waals surface area contributed by atoms with Gasteiger partial charge >= 0.3 is 5.69 Å². The average Bonchev–Trinajstić information content (AvgIpc) is 2.71. The minimum Gasteiger partial charge on any atom is -0.493 e. The highest BCUT2D eigenvalue weighted by Gasteiger charge is 2.14. The maximum Gasteiger partial charge on any atom is 0.335 e. The molecule has 0 aliphatic rings. The van der Waals surface area contributed by atoms with Crippen LogP contribution in [0.5, 0.6) is 5.88 Å². The van der Waals surface area contributed by atoms with Crippen molar-refractivity contribution in [2.45, 2.75) is 20.8 Å². The molecule has 0 saturated carbocycles. The molecule has 1 aromatic heterocycles. The van der Waals surface area contributed by atoms with Gasteiger partial charge in [-0.15, -0.1) is 0 Å². The molecule has 2 N–H and O–H groups in total. The first-order chi connectivity index (χ1) is 13.9. The number of aromatic hydroxyl groups is 1. The van der Waals surface area contributed by atoms with Crippen molar-refractivity contribution < 1.29 is 5.11 Å². The molecule has 0 spiro atoms. The van der Waals surface area contributed by atoms with Gasteiger partial charge in [-0.3, -0.25) is 14.8 Å². The van der Waals surface area contributed by atoms with E-state index in [9.17, 15) is 14.7 Å². The lowest BCUT2D eigenvalue weighted by Gasteiger charge is -2.20. The van der Waals surface area contributed by atoms with Gasteiger partial charge in [-0.25, -0.2) is 9.36 Å². The first-order valence-electron chi connectivity index (χ1n) is 9.49. The molecule has 7 nitrogen and oxygen atoms in total. The van der Waals surface area contributed by atoms with Gasteiger partial charge in [-0.2, -0.15) is 0 Å². The summed E-state index contributed by atoms with van der Waals surface area (Å²) in [5, 5.41) is 10.6. The van der Waals surface area contributed by atoms with Crippen LogP contribution >= 0.6 is 0 Å². The molecule has 0 unspecified atom stereocenters. The van der Waals surface area contributed by atoms with Crippen molar-refractivity contribution >= 4 is 17.6 Å². The lowest BCUT2D eigenvalue weighted by molar-refractivity contribution is 0.430. The first kappa shape index (κ1) is 20.1. The van der Waals surface area contributed by atoms with E-state index in [1.165, 1.54) is 6.21 Å². The summed E-state index contributed by atoms with van der Waals surface area (Å²) in [7, 11) is 0. The summed E-state index contributed by atoms with van der Waals surface area (Å²) in [6.07, 6.45) is 1.27. The van der Waals surface area contributed by atoms with Gasteiger partial charge in [0.2, 0.25) is 5.88 Å². The van der Waals surface area contributed by atoms with Gasteiger partial charge in [0.15, 0.2) is 0 Å². The SMILES string of the molecule is CCN(CC)c1ccc(N=Cc2c(O)n(-c3ccc(C)cc3)c(=O)[nH]c2=O)cc1. The largest absolute Gasteiger partial charge is 0.493 e.